The van der Waals surface area contributed by atoms with Crippen LogP contribution >= 0.6 is 0 Å². The van der Waals surface area contributed by atoms with Crippen LogP contribution in [0, 0.1) is 6.07 Å². The largest absolute Gasteiger partial charge is 0.221 e. The third kappa shape index (κ3) is 0.878. The fourth-order valence-corrected chi connectivity index (χ4v) is 1.23. The van der Waals surface area contributed by atoms with Gasteiger partial charge in [-0.1, -0.05) is 16.6 Å². The third-order valence-electron chi connectivity index (χ3n) is 1.77. The van der Waals surface area contributed by atoms with Gasteiger partial charge >= 0.3 is 0 Å². The number of anilines is 1. The molecule has 0 saturated heterocycles. The lowest BCUT2D eigenvalue weighted by atomic mass is 10.2. The van der Waals surface area contributed by atoms with Crippen molar-refractivity contribution in [3.63, 3.8) is 0 Å². The Morgan fingerprint density at radius 3 is 3.18 bits per heavy atom. The van der Waals surface area contributed by atoms with Gasteiger partial charge in [0.05, 0.1) is 5.69 Å². The Morgan fingerprint density at radius 2 is 2.45 bits per heavy atom. The molecule has 1 aromatic rings. The number of benzene rings is 1. The van der Waals surface area contributed by atoms with Crippen molar-refractivity contribution in [2.24, 2.45) is 0 Å². The molecule has 0 N–H and O–H groups in total. The average molecular weight is 154 g/mol. The molecule has 1 radical (unpaired) electrons. The Balaban J connectivity index is 2.47. The van der Waals surface area contributed by atoms with E-state index in [1.807, 2.05) is 0 Å². The smallest absolute Gasteiger partial charge is 0.204 e. The lowest BCUT2D eigenvalue weighted by Gasteiger charge is -2.07. The average Bonchev–Trinajstić information content (AvgIpc) is 2.30. The van der Waals surface area contributed by atoms with Crippen molar-refractivity contribution < 1.29 is 8.87 Å². The molecule has 1 aliphatic heterocycles. The lowest BCUT2D eigenvalue weighted by Crippen LogP contribution is -2.17. The van der Waals surface area contributed by atoms with Crippen LogP contribution in [0.3, 0.4) is 0 Å². The maximum absolute atomic E-state index is 12.7. The Hall–Kier alpha value is -1.12. The highest BCUT2D eigenvalue weighted by Gasteiger charge is 2.28. The third-order valence-corrected chi connectivity index (χ3v) is 1.77. The fraction of sp³-hybridized carbons (Fsp3) is 0.250. The Morgan fingerprint density at radius 1 is 1.64 bits per heavy atom. The maximum atomic E-state index is 12.7. The predicted octanol–water partition coefficient (Wildman–Crippen LogP) is 2.03. The summed E-state index contributed by atoms with van der Waals surface area (Å²) in [5, 5.41) is 0.145. The van der Waals surface area contributed by atoms with E-state index in [4.69, 9.17) is 0 Å². The molecule has 57 valence electrons. The molecule has 3 heteroatoms. The second kappa shape index (κ2) is 2.19. The minimum atomic E-state index is -1.52. The highest BCUT2D eigenvalue weighted by atomic mass is 19.2. The van der Waals surface area contributed by atoms with Gasteiger partial charge < -0.3 is 0 Å². The molecule has 0 fully saturated rings. The highest BCUT2D eigenvalue weighted by Crippen LogP contribution is 2.31. The molecule has 1 unspecified atom stereocenters. The van der Waals surface area contributed by atoms with E-state index < -0.39 is 6.30 Å². The van der Waals surface area contributed by atoms with Gasteiger partial charge in [0, 0.05) is 6.42 Å². The monoisotopic (exact) mass is 154 g/mol. The van der Waals surface area contributed by atoms with Crippen molar-refractivity contribution in [3.05, 3.63) is 29.8 Å². The van der Waals surface area contributed by atoms with Crippen molar-refractivity contribution in [3.8, 4) is 0 Å². The van der Waals surface area contributed by atoms with Crippen molar-refractivity contribution in [1.29, 1.82) is 0 Å². The van der Waals surface area contributed by atoms with Crippen molar-refractivity contribution in [1.82, 2.24) is 0 Å². The second-order valence-corrected chi connectivity index (χ2v) is 2.48. The Labute approximate surface area is 63.2 Å². The van der Waals surface area contributed by atoms with Gasteiger partial charge in [-0.25, -0.2) is 4.39 Å². The van der Waals surface area contributed by atoms with Crippen LogP contribution in [0.4, 0.5) is 14.6 Å². The summed E-state index contributed by atoms with van der Waals surface area (Å²) in [7, 11) is 0. The van der Waals surface area contributed by atoms with Crippen molar-refractivity contribution in [2.75, 3.05) is 5.12 Å². The fourth-order valence-electron chi connectivity index (χ4n) is 1.23. The molecule has 1 nitrogen and oxygen atoms in total. The van der Waals surface area contributed by atoms with E-state index >= 15 is 0 Å². The highest BCUT2D eigenvalue weighted by molar-refractivity contribution is 5.55. The van der Waals surface area contributed by atoms with Crippen LogP contribution in [0.5, 0.6) is 0 Å². The van der Waals surface area contributed by atoms with Crippen LogP contribution in [0.25, 0.3) is 0 Å². The van der Waals surface area contributed by atoms with Crippen molar-refractivity contribution >= 4 is 5.69 Å². The van der Waals surface area contributed by atoms with Gasteiger partial charge in [0.15, 0.2) is 0 Å². The second-order valence-electron chi connectivity index (χ2n) is 2.48. The standard InChI is InChI=1S/C8H6F2N/c9-8-5-6-3-1-2-4-7(6)11(8)10/h1-2,4,8H,5H2. The summed E-state index contributed by atoms with van der Waals surface area (Å²) < 4.78 is 25.4. The van der Waals surface area contributed by atoms with Gasteiger partial charge in [-0.2, -0.15) is 5.12 Å². The molecule has 0 saturated carbocycles. The summed E-state index contributed by atoms with van der Waals surface area (Å²) >= 11 is 0. The first kappa shape index (κ1) is 6.58. The van der Waals surface area contributed by atoms with E-state index in [0.29, 0.717) is 11.3 Å². The summed E-state index contributed by atoms with van der Waals surface area (Å²) in [6.07, 6.45) is -1.42. The summed E-state index contributed by atoms with van der Waals surface area (Å²) in [4.78, 5) is 0. The zero-order valence-electron chi connectivity index (χ0n) is 5.72. The summed E-state index contributed by atoms with van der Waals surface area (Å²) in [5.41, 5.74) is 0.919. The first-order valence-electron chi connectivity index (χ1n) is 3.37. The molecule has 0 aliphatic carbocycles. The number of halogens is 2. The Bertz CT molecular complexity index is 275. The quantitative estimate of drug-likeness (QED) is 0.408. The molecule has 2 rings (SSSR count). The van der Waals surface area contributed by atoms with Gasteiger partial charge in [-0.3, -0.25) is 0 Å². The number of alkyl halides is 1. The van der Waals surface area contributed by atoms with Gasteiger partial charge in [-0.05, 0) is 17.7 Å². The SMILES string of the molecule is FC1Cc2[c]cccc2N1F. The van der Waals surface area contributed by atoms with Crippen LogP contribution in [0.1, 0.15) is 5.56 Å². The minimum Gasteiger partial charge on any atom is -0.221 e. The predicted molar refractivity (Wildman–Crippen MR) is 37.5 cm³/mol. The van der Waals surface area contributed by atoms with E-state index in [1.54, 1.807) is 18.2 Å². The van der Waals surface area contributed by atoms with Crippen molar-refractivity contribution in [2.45, 2.75) is 12.7 Å². The van der Waals surface area contributed by atoms with E-state index in [-0.39, 0.29) is 11.5 Å². The summed E-state index contributed by atoms with van der Waals surface area (Å²) in [5.74, 6) is 0. The molecule has 0 aromatic heterocycles. The van der Waals surface area contributed by atoms with Crippen LogP contribution in [0.2, 0.25) is 0 Å². The molecular weight excluding hydrogens is 148 g/mol. The number of hydrogen-bond acceptors (Lipinski definition) is 1. The molecule has 11 heavy (non-hydrogen) atoms. The topological polar surface area (TPSA) is 3.24 Å². The van der Waals surface area contributed by atoms with E-state index in [1.165, 1.54) is 0 Å². The van der Waals surface area contributed by atoms with Gasteiger partial charge in [0.1, 0.15) is 0 Å². The minimum absolute atomic E-state index is 0.104. The van der Waals surface area contributed by atoms with E-state index in [0.717, 1.165) is 0 Å². The van der Waals surface area contributed by atoms with E-state index in [9.17, 15) is 8.87 Å². The van der Waals surface area contributed by atoms with Gasteiger partial charge in [0.25, 0.3) is 0 Å². The molecule has 0 spiro atoms. The normalized spacial score (nSPS) is 22.0. The summed E-state index contributed by atoms with van der Waals surface area (Å²) in [6, 6.07) is 7.63. The van der Waals surface area contributed by atoms with Crippen LogP contribution < -0.4 is 5.12 Å². The molecule has 1 atom stereocenters. The lowest BCUT2D eigenvalue weighted by molar-refractivity contribution is 0.240. The molecule has 0 bridgehead atoms. The molecular formula is C8H6F2N. The molecule has 0 amide bonds. The molecule has 1 aromatic carbocycles. The van der Waals surface area contributed by atoms with Gasteiger partial charge in [-0.15, -0.1) is 0 Å². The first-order chi connectivity index (χ1) is 5.29. The molecule has 1 heterocycles. The zero-order valence-corrected chi connectivity index (χ0v) is 5.72. The van der Waals surface area contributed by atoms with Crippen LogP contribution in [-0.4, -0.2) is 6.30 Å². The summed E-state index contributed by atoms with van der Waals surface area (Å²) in [6.45, 7) is 0. The van der Waals surface area contributed by atoms with Crippen LogP contribution in [0.15, 0.2) is 18.2 Å². The number of fused-ring (bicyclic) bond motifs is 1. The number of nitrogens with zero attached hydrogens (tertiary/aromatic N) is 1. The number of hydrogen-bond donors (Lipinski definition) is 0. The van der Waals surface area contributed by atoms with E-state index in [2.05, 4.69) is 6.07 Å². The maximum Gasteiger partial charge on any atom is 0.204 e. The first-order valence-corrected chi connectivity index (χ1v) is 3.37. The Kier molecular flexibility index (Phi) is 1.31. The van der Waals surface area contributed by atoms with Crippen LogP contribution in [-0.2, 0) is 6.42 Å². The van der Waals surface area contributed by atoms with Gasteiger partial charge in [0.2, 0.25) is 6.30 Å². The zero-order chi connectivity index (χ0) is 7.84. The number of rotatable bonds is 0. The molecule has 1 aliphatic rings.